The first-order valence-corrected chi connectivity index (χ1v) is 5.36. The Morgan fingerprint density at radius 2 is 1.86 bits per heavy atom. The Balaban J connectivity index is 3.63. The highest BCUT2D eigenvalue weighted by Crippen LogP contribution is 2.07. The van der Waals surface area contributed by atoms with Gasteiger partial charge in [-0.3, -0.25) is 0 Å². The zero-order valence-corrected chi connectivity index (χ0v) is 10.1. The van der Waals surface area contributed by atoms with Gasteiger partial charge in [-0.2, -0.15) is 0 Å². The van der Waals surface area contributed by atoms with Crippen LogP contribution >= 0.6 is 0 Å². The van der Waals surface area contributed by atoms with Gasteiger partial charge in [0.1, 0.15) is 0 Å². The highest BCUT2D eigenvalue weighted by atomic mass is 16.5. The standard InChI is InChI=1S/C11H25NO2/c1-9(2)12-10(8-13)6-7-14-11(3,4)5/h9-10,12-13H,6-8H2,1-5H3. The Morgan fingerprint density at radius 3 is 2.21 bits per heavy atom. The van der Waals surface area contributed by atoms with Crippen LogP contribution < -0.4 is 5.32 Å². The lowest BCUT2D eigenvalue weighted by Gasteiger charge is -2.23. The third-order valence-corrected chi connectivity index (χ3v) is 1.79. The first kappa shape index (κ1) is 13.9. The molecule has 0 aromatic carbocycles. The van der Waals surface area contributed by atoms with Crippen molar-refractivity contribution < 1.29 is 9.84 Å². The van der Waals surface area contributed by atoms with Crippen LogP contribution in [-0.4, -0.2) is 36.0 Å². The summed E-state index contributed by atoms with van der Waals surface area (Å²) in [6.45, 7) is 11.1. The summed E-state index contributed by atoms with van der Waals surface area (Å²) in [4.78, 5) is 0. The summed E-state index contributed by atoms with van der Waals surface area (Å²) in [6, 6.07) is 0.555. The van der Waals surface area contributed by atoms with Crippen LogP contribution in [0.25, 0.3) is 0 Å². The Bertz CT molecular complexity index is 141. The summed E-state index contributed by atoms with van der Waals surface area (Å²) >= 11 is 0. The van der Waals surface area contributed by atoms with Gasteiger partial charge in [0.15, 0.2) is 0 Å². The van der Waals surface area contributed by atoms with Gasteiger partial charge in [0.25, 0.3) is 0 Å². The second-order valence-corrected chi connectivity index (χ2v) is 4.95. The molecule has 0 aliphatic carbocycles. The van der Waals surface area contributed by atoms with Crippen molar-refractivity contribution in [1.29, 1.82) is 0 Å². The second kappa shape index (κ2) is 6.38. The van der Waals surface area contributed by atoms with E-state index in [1.165, 1.54) is 0 Å². The molecule has 0 heterocycles. The summed E-state index contributed by atoms with van der Waals surface area (Å²) < 4.78 is 5.59. The summed E-state index contributed by atoms with van der Waals surface area (Å²) in [7, 11) is 0. The molecule has 0 saturated heterocycles. The molecule has 0 saturated carbocycles. The van der Waals surface area contributed by atoms with Gasteiger partial charge in [-0.1, -0.05) is 13.8 Å². The van der Waals surface area contributed by atoms with Crippen molar-refractivity contribution in [2.45, 2.75) is 58.7 Å². The third kappa shape index (κ3) is 8.48. The van der Waals surface area contributed by atoms with Crippen LogP contribution in [0.3, 0.4) is 0 Å². The minimum atomic E-state index is -0.0855. The van der Waals surface area contributed by atoms with E-state index in [0.717, 1.165) is 6.42 Å². The van der Waals surface area contributed by atoms with Gasteiger partial charge in [-0.05, 0) is 27.2 Å². The highest BCUT2D eigenvalue weighted by Gasteiger charge is 2.12. The van der Waals surface area contributed by atoms with Crippen molar-refractivity contribution >= 4 is 0 Å². The molecule has 3 heteroatoms. The second-order valence-electron chi connectivity index (χ2n) is 4.95. The van der Waals surface area contributed by atoms with Gasteiger partial charge in [-0.25, -0.2) is 0 Å². The molecule has 1 atom stereocenters. The largest absolute Gasteiger partial charge is 0.395 e. The fourth-order valence-corrected chi connectivity index (χ4v) is 1.21. The maximum absolute atomic E-state index is 9.09. The van der Waals surface area contributed by atoms with Gasteiger partial charge in [0.05, 0.1) is 12.2 Å². The van der Waals surface area contributed by atoms with Crippen LogP contribution in [-0.2, 0) is 4.74 Å². The third-order valence-electron chi connectivity index (χ3n) is 1.79. The van der Waals surface area contributed by atoms with Crippen LogP contribution in [0.15, 0.2) is 0 Å². The van der Waals surface area contributed by atoms with Crippen molar-refractivity contribution in [2.24, 2.45) is 0 Å². The summed E-state index contributed by atoms with van der Waals surface area (Å²) in [6.07, 6.45) is 0.853. The van der Waals surface area contributed by atoms with Crippen molar-refractivity contribution in [3.8, 4) is 0 Å². The van der Waals surface area contributed by atoms with Crippen LogP contribution in [0.5, 0.6) is 0 Å². The van der Waals surface area contributed by atoms with Gasteiger partial charge >= 0.3 is 0 Å². The molecule has 0 aliphatic heterocycles. The first-order valence-electron chi connectivity index (χ1n) is 5.36. The molecule has 14 heavy (non-hydrogen) atoms. The van der Waals surface area contributed by atoms with E-state index >= 15 is 0 Å². The van der Waals surface area contributed by atoms with Gasteiger partial charge < -0.3 is 15.2 Å². The number of ether oxygens (including phenoxy) is 1. The molecule has 86 valence electrons. The van der Waals surface area contributed by atoms with Gasteiger partial charge in [0, 0.05) is 18.7 Å². The van der Waals surface area contributed by atoms with Crippen molar-refractivity contribution in [2.75, 3.05) is 13.2 Å². The predicted octanol–water partition coefficient (Wildman–Crippen LogP) is 1.55. The summed E-state index contributed by atoms with van der Waals surface area (Å²) in [5.74, 6) is 0. The van der Waals surface area contributed by atoms with E-state index < -0.39 is 0 Å². The Labute approximate surface area is 87.8 Å². The minimum absolute atomic E-state index is 0.0855. The quantitative estimate of drug-likeness (QED) is 0.688. The van der Waals surface area contributed by atoms with Gasteiger partial charge in [-0.15, -0.1) is 0 Å². The van der Waals surface area contributed by atoms with E-state index in [-0.39, 0.29) is 18.2 Å². The van der Waals surface area contributed by atoms with Crippen molar-refractivity contribution in [3.05, 3.63) is 0 Å². The minimum Gasteiger partial charge on any atom is -0.395 e. The molecular formula is C11H25NO2. The molecule has 0 spiro atoms. The Kier molecular flexibility index (Phi) is 6.33. The number of aliphatic hydroxyl groups is 1. The molecule has 0 amide bonds. The van der Waals surface area contributed by atoms with Gasteiger partial charge in [0.2, 0.25) is 0 Å². The van der Waals surface area contributed by atoms with Crippen molar-refractivity contribution in [1.82, 2.24) is 5.32 Å². The molecule has 1 unspecified atom stereocenters. The fourth-order valence-electron chi connectivity index (χ4n) is 1.21. The van der Waals surface area contributed by atoms with E-state index in [1.807, 2.05) is 20.8 Å². The first-order chi connectivity index (χ1) is 6.35. The molecule has 0 fully saturated rings. The summed E-state index contributed by atoms with van der Waals surface area (Å²) in [5, 5.41) is 12.4. The molecule has 0 bridgehead atoms. The van der Waals surface area contributed by atoms with E-state index in [2.05, 4.69) is 19.2 Å². The molecule has 0 rings (SSSR count). The predicted molar refractivity (Wildman–Crippen MR) is 59.5 cm³/mol. The average molecular weight is 203 g/mol. The zero-order chi connectivity index (χ0) is 11.2. The highest BCUT2D eigenvalue weighted by molar-refractivity contribution is 4.68. The van der Waals surface area contributed by atoms with Crippen molar-refractivity contribution in [3.63, 3.8) is 0 Å². The number of hydrogen-bond acceptors (Lipinski definition) is 3. The molecule has 0 aromatic rings. The lowest BCUT2D eigenvalue weighted by Crippen LogP contribution is -2.38. The summed E-state index contributed by atoms with van der Waals surface area (Å²) in [5.41, 5.74) is -0.0855. The lowest BCUT2D eigenvalue weighted by atomic mass is 10.1. The topological polar surface area (TPSA) is 41.5 Å². The lowest BCUT2D eigenvalue weighted by molar-refractivity contribution is -0.00954. The zero-order valence-electron chi connectivity index (χ0n) is 10.1. The number of hydrogen-bond donors (Lipinski definition) is 2. The molecule has 0 radical (unpaired) electrons. The molecule has 2 N–H and O–H groups in total. The average Bonchev–Trinajstić information content (AvgIpc) is 1.99. The normalized spacial score (nSPS) is 14.8. The maximum Gasteiger partial charge on any atom is 0.0598 e. The number of aliphatic hydroxyl groups excluding tert-OH is 1. The van der Waals surface area contributed by atoms with E-state index in [9.17, 15) is 0 Å². The number of rotatable bonds is 6. The monoisotopic (exact) mass is 203 g/mol. The van der Waals surface area contributed by atoms with Crippen LogP contribution in [0.4, 0.5) is 0 Å². The van der Waals surface area contributed by atoms with E-state index in [1.54, 1.807) is 0 Å². The maximum atomic E-state index is 9.09. The molecule has 0 aliphatic rings. The Hall–Kier alpha value is -0.120. The van der Waals surface area contributed by atoms with Crippen LogP contribution in [0.2, 0.25) is 0 Å². The SMILES string of the molecule is CC(C)NC(CO)CCOC(C)(C)C. The molecule has 0 aromatic heterocycles. The molecular weight excluding hydrogens is 178 g/mol. The smallest absolute Gasteiger partial charge is 0.0598 e. The van der Waals surface area contributed by atoms with Crippen LogP contribution in [0, 0.1) is 0 Å². The Morgan fingerprint density at radius 1 is 1.29 bits per heavy atom. The van der Waals surface area contributed by atoms with Crippen LogP contribution in [0.1, 0.15) is 41.0 Å². The fraction of sp³-hybridized carbons (Fsp3) is 1.00. The van der Waals surface area contributed by atoms with E-state index in [0.29, 0.717) is 12.6 Å². The molecule has 3 nitrogen and oxygen atoms in total. The van der Waals surface area contributed by atoms with E-state index in [4.69, 9.17) is 9.84 Å². The number of nitrogens with one attached hydrogen (secondary N) is 1.